The predicted octanol–water partition coefficient (Wildman–Crippen LogP) is 2.19. The van der Waals surface area contributed by atoms with E-state index in [-0.39, 0.29) is 5.91 Å². The molecule has 0 fully saturated rings. The molecule has 0 heterocycles. The highest BCUT2D eigenvalue weighted by Gasteiger charge is 2.19. The molecular weight excluding hydrogens is 150 g/mol. The highest BCUT2D eigenvalue weighted by molar-refractivity contribution is 5.73. The van der Waals surface area contributed by atoms with Gasteiger partial charge in [-0.2, -0.15) is 0 Å². The number of hydrogen-bond acceptors (Lipinski definition) is 1. The molecule has 0 aliphatic rings. The van der Waals surface area contributed by atoms with Crippen LogP contribution in [0.3, 0.4) is 0 Å². The Morgan fingerprint density at radius 2 is 1.83 bits per heavy atom. The second kappa shape index (κ2) is 5.18. The van der Waals surface area contributed by atoms with Crippen LogP contribution in [0.4, 0.5) is 0 Å². The molecule has 0 rings (SSSR count). The molecule has 0 bridgehead atoms. The summed E-state index contributed by atoms with van der Waals surface area (Å²) in [6.45, 7) is 10.2. The van der Waals surface area contributed by atoms with E-state index < -0.39 is 0 Å². The Morgan fingerprint density at radius 1 is 1.33 bits per heavy atom. The van der Waals surface area contributed by atoms with E-state index in [4.69, 9.17) is 0 Å². The van der Waals surface area contributed by atoms with Gasteiger partial charge in [0.2, 0.25) is 5.91 Å². The van der Waals surface area contributed by atoms with Crippen LogP contribution >= 0.6 is 0 Å². The highest BCUT2D eigenvalue weighted by atomic mass is 16.1. The molecule has 0 radical (unpaired) electrons. The molecule has 2 nitrogen and oxygen atoms in total. The van der Waals surface area contributed by atoms with E-state index in [1.54, 1.807) is 6.92 Å². The lowest BCUT2D eigenvalue weighted by molar-refractivity contribution is -0.120. The lowest BCUT2D eigenvalue weighted by atomic mass is 9.90. The summed E-state index contributed by atoms with van der Waals surface area (Å²) < 4.78 is 0. The van der Waals surface area contributed by atoms with Gasteiger partial charge in [0.05, 0.1) is 0 Å². The molecule has 0 saturated heterocycles. The first-order chi connectivity index (χ1) is 5.49. The van der Waals surface area contributed by atoms with Crippen LogP contribution in [0.25, 0.3) is 0 Å². The van der Waals surface area contributed by atoms with E-state index in [0.717, 1.165) is 6.42 Å². The van der Waals surface area contributed by atoms with Crippen LogP contribution in [0.5, 0.6) is 0 Å². The first-order valence-corrected chi connectivity index (χ1v) is 4.76. The zero-order valence-corrected chi connectivity index (χ0v) is 8.85. The van der Waals surface area contributed by atoms with E-state index in [0.29, 0.717) is 17.9 Å². The van der Waals surface area contributed by atoms with Crippen molar-refractivity contribution >= 4 is 5.91 Å². The standard InChI is InChI=1S/C10H21NO/c1-6-8(4)10(7(2)3)11-9(5)12/h7-8,10H,6H2,1-5H3,(H,11,12). The fourth-order valence-electron chi connectivity index (χ4n) is 1.45. The number of nitrogens with one attached hydrogen (secondary N) is 1. The van der Waals surface area contributed by atoms with E-state index in [9.17, 15) is 4.79 Å². The minimum Gasteiger partial charge on any atom is -0.353 e. The number of carbonyl (C=O) groups is 1. The van der Waals surface area contributed by atoms with E-state index in [1.165, 1.54) is 0 Å². The van der Waals surface area contributed by atoms with Crippen LogP contribution in [0.15, 0.2) is 0 Å². The number of hydrogen-bond donors (Lipinski definition) is 1. The Morgan fingerprint density at radius 3 is 2.08 bits per heavy atom. The summed E-state index contributed by atoms with van der Waals surface area (Å²) in [5.74, 6) is 1.16. The Bertz CT molecular complexity index is 143. The highest BCUT2D eigenvalue weighted by Crippen LogP contribution is 2.15. The van der Waals surface area contributed by atoms with Gasteiger partial charge in [0.1, 0.15) is 0 Å². The zero-order valence-electron chi connectivity index (χ0n) is 8.85. The van der Waals surface area contributed by atoms with Gasteiger partial charge in [-0.3, -0.25) is 4.79 Å². The summed E-state index contributed by atoms with van der Waals surface area (Å²) >= 11 is 0. The van der Waals surface area contributed by atoms with Gasteiger partial charge in [-0.1, -0.05) is 34.1 Å². The fraction of sp³-hybridized carbons (Fsp3) is 0.900. The average molecular weight is 171 g/mol. The maximum Gasteiger partial charge on any atom is 0.217 e. The van der Waals surface area contributed by atoms with Gasteiger partial charge in [0.15, 0.2) is 0 Å². The Hall–Kier alpha value is -0.530. The van der Waals surface area contributed by atoms with Crippen molar-refractivity contribution in [3.05, 3.63) is 0 Å². The first-order valence-electron chi connectivity index (χ1n) is 4.76. The Kier molecular flexibility index (Phi) is 4.95. The molecule has 0 aromatic carbocycles. The minimum absolute atomic E-state index is 0.0778. The number of carbonyl (C=O) groups excluding carboxylic acids is 1. The molecule has 0 saturated carbocycles. The zero-order chi connectivity index (χ0) is 9.72. The molecule has 0 aliphatic carbocycles. The van der Waals surface area contributed by atoms with Gasteiger partial charge in [0, 0.05) is 13.0 Å². The lowest BCUT2D eigenvalue weighted by Gasteiger charge is -2.27. The van der Waals surface area contributed by atoms with Crippen molar-refractivity contribution in [2.75, 3.05) is 0 Å². The molecule has 72 valence electrons. The topological polar surface area (TPSA) is 29.1 Å². The van der Waals surface area contributed by atoms with Crippen molar-refractivity contribution < 1.29 is 4.79 Å². The van der Waals surface area contributed by atoms with Gasteiger partial charge in [0.25, 0.3) is 0 Å². The van der Waals surface area contributed by atoms with E-state index >= 15 is 0 Å². The van der Waals surface area contributed by atoms with Crippen LogP contribution in [0.1, 0.15) is 41.0 Å². The van der Waals surface area contributed by atoms with Crippen LogP contribution < -0.4 is 5.32 Å². The van der Waals surface area contributed by atoms with Crippen LogP contribution in [0.2, 0.25) is 0 Å². The Balaban J connectivity index is 4.12. The maximum atomic E-state index is 10.9. The molecule has 0 aromatic rings. The third-order valence-electron chi connectivity index (χ3n) is 2.35. The summed E-state index contributed by atoms with van der Waals surface area (Å²) in [6.07, 6.45) is 1.11. The normalized spacial score (nSPS) is 15.8. The van der Waals surface area contributed by atoms with Crippen molar-refractivity contribution in [3.63, 3.8) is 0 Å². The van der Waals surface area contributed by atoms with Gasteiger partial charge < -0.3 is 5.32 Å². The average Bonchev–Trinajstić information content (AvgIpc) is 1.98. The molecule has 0 aromatic heterocycles. The minimum atomic E-state index is 0.0778. The van der Waals surface area contributed by atoms with Crippen molar-refractivity contribution in [2.24, 2.45) is 11.8 Å². The second-order valence-electron chi connectivity index (χ2n) is 3.86. The monoisotopic (exact) mass is 171 g/mol. The molecule has 2 atom stereocenters. The lowest BCUT2D eigenvalue weighted by Crippen LogP contribution is -2.41. The van der Waals surface area contributed by atoms with E-state index in [1.807, 2.05) is 0 Å². The summed E-state index contributed by atoms with van der Waals surface area (Å²) in [7, 11) is 0. The van der Waals surface area contributed by atoms with Gasteiger partial charge in [-0.15, -0.1) is 0 Å². The second-order valence-corrected chi connectivity index (χ2v) is 3.86. The third-order valence-corrected chi connectivity index (χ3v) is 2.35. The molecule has 0 spiro atoms. The predicted molar refractivity (Wildman–Crippen MR) is 51.9 cm³/mol. The summed E-state index contributed by atoms with van der Waals surface area (Å²) in [4.78, 5) is 10.9. The van der Waals surface area contributed by atoms with Crippen molar-refractivity contribution in [1.82, 2.24) is 5.32 Å². The third kappa shape index (κ3) is 3.74. The number of rotatable bonds is 4. The van der Waals surface area contributed by atoms with Crippen LogP contribution in [-0.2, 0) is 4.79 Å². The van der Waals surface area contributed by atoms with Gasteiger partial charge in [-0.05, 0) is 11.8 Å². The summed E-state index contributed by atoms with van der Waals surface area (Å²) in [5, 5.41) is 2.99. The molecule has 2 heteroatoms. The van der Waals surface area contributed by atoms with E-state index in [2.05, 4.69) is 33.0 Å². The SMILES string of the molecule is CCC(C)C(NC(C)=O)C(C)C. The van der Waals surface area contributed by atoms with Gasteiger partial charge in [-0.25, -0.2) is 0 Å². The van der Waals surface area contributed by atoms with Crippen molar-refractivity contribution in [2.45, 2.75) is 47.1 Å². The smallest absolute Gasteiger partial charge is 0.217 e. The summed E-state index contributed by atoms with van der Waals surface area (Å²) in [6, 6.07) is 0.326. The maximum absolute atomic E-state index is 10.9. The van der Waals surface area contributed by atoms with Crippen molar-refractivity contribution in [3.8, 4) is 0 Å². The molecule has 1 N–H and O–H groups in total. The first kappa shape index (κ1) is 11.5. The fourth-order valence-corrected chi connectivity index (χ4v) is 1.45. The molecule has 2 unspecified atom stereocenters. The number of amides is 1. The summed E-state index contributed by atoms with van der Waals surface area (Å²) in [5.41, 5.74) is 0. The molecule has 12 heavy (non-hydrogen) atoms. The van der Waals surface area contributed by atoms with Crippen LogP contribution in [0, 0.1) is 11.8 Å². The largest absolute Gasteiger partial charge is 0.353 e. The van der Waals surface area contributed by atoms with Crippen molar-refractivity contribution in [1.29, 1.82) is 0 Å². The Labute approximate surface area is 75.7 Å². The quantitative estimate of drug-likeness (QED) is 0.690. The van der Waals surface area contributed by atoms with Gasteiger partial charge >= 0.3 is 0 Å². The van der Waals surface area contributed by atoms with Crippen LogP contribution in [-0.4, -0.2) is 11.9 Å². The molecule has 1 amide bonds. The molecule has 0 aliphatic heterocycles. The molecular formula is C10H21NO.